The Labute approximate surface area is 155 Å². The van der Waals surface area contributed by atoms with Gasteiger partial charge in [0.05, 0.1) is 12.3 Å². The number of alkyl halides is 2. The van der Waals surface area contributed by atoms with E-state index in [2.05, 4.69) is 9.67 Å². The van der Waals surface area contributed by atoms with Gasteiger partial charge < -0.3 is 15.0 Å². The van der Waals surface area contributed by atoms with Crippen LogP contribution in [0.1, 0.15) is 17.8 Å². The Kier molecular flexibility index (Phi) is 4.65. The molecule has 142 valence electrons. The molecule has 2 N–H and O–H groups in total. The van der Waals surface area contributed by atoms with Crippen LogP contribution >= 0.6 is 0 Å². The Morgan fingerprint density at radius 2 is 2.15 bits per heavy atom. The lowest BCUT2D eigenvalue weighted by atomic mass is 10.0. The molecule has 0 amide bonds. The Hall–Kier alpha value is -2.74. The number of nitrogens with zero attached hydrogens (tertiary/aromatic N) is 4. The standard InChI is InChI=1S/C19H21F2N5O/c1-27-11-13-9-12(4-5-14(13)22)19-18(23-17-3-2-7-26(17)19)15-6-8-25(24-15)10-16(20)21/h4-6,8-9,16H,2-3,7,10-11,22H2,1H3. The van der Waals surface area contributed by atoms with Gasteiger partial charge in [0, 0.05) is 43.1 Å². The number of nitrogen functional groups attached to an aromatic ring is 1. The third-order valence-electron chi connectivity index (χ3n) is 4.75. The number of fused-ring (bicyclic) bond motifs is 1. The number of aryl methyl sites for hydroxylation is 1. The number of halogens is 2. The predicted molar refractivity (Wildman–Crippen MR) is 98.3 cm³/mol. The second-order valence-electron chi connectivity index (χ2n) is 6.64. The van der Waals surface area contributed by atoms with Crippen LogP contribution in [-0.2, 0) is 30.9 Å². The van der Waals surface area contributed by atoms with Crippen molar-refractivity contribution in [3.63, 3.8) is 0 Å². The molecule has 0 unspecified atom stereocenters. The van der Waals surface area contributed by atoms with Crippen molar-refractivity contribution in [1.29, 1.82) is 0 Å². The van der Waals surface area contributed by atoms with Crippen LogP contribution < -0.4 is 5.73 Å². The van der Waals surface area contributed by atoms with Gasteiger partial charge in [-0.25, -0.2) is 13.8 Å². The van der Waals surface area contributed by atoms with Crippen molar-refractivity contribution in [1.82, 2.24) is 19.3 Å². The maximum Gasteiger partial charge on any atom is 0.257 e. The van der Waals surface area contributed by atoms with E-state index in [9.17, 15) is 8.78 Å². The fraction of sp³-hybridized carbons (Fsp3) is 0.368. The molecule has 3 aromatic rings. The van der Waals surface area contributed by atoms with E-state index in [1.807, 2.05) is 18.2 Å². The summed E-state index contributed by atoms with van der Waals surface area (Å²) in [5.41, 5.74) is 10.8. The van der Waals surface area contributed by atoms with E-state index >= 15 is 0 Å². The van der Waals surface area contributed by atoms with E-state index in [1.165, 1.54) is 4.68 Å². The van der Waals surface area contributed by atoms with Gasteiger partial charge in [-0.05, 0) is 24.6 Å². The first-order valence-corrected chi connectivity index (χ1v) is 8.86. The predicted octanol–water partition coefficient (Wildman–Crippen LogP) is 3.35. The molecule has 0 bridgehead atoms. The molecule has 0 saturated carbocycles. The molecule has 0 aliphatic carbocycles. The van der Waals surface area contributed by atoms with E-state index in [0.29, 0.717) is 23.7 Å². The minimum atomic E-state index is -2.45. The third-order valence-corrected chi connectivity index (χ3v) is 4.75. The first kappa shape index (κ1) is 17.7. The molecule has 0 atom stereocenters. The number of ether oxygens (including phenoxy) is 1. The number of imidazole rings is 1. The van der Waals surface area contributed by atoms with Crippen LogP contribution in [0.4, 0.5) is 14.5 Å². The number of nitrogens with two attached hydrogens (primary N) is 1. The Bertz CT molecular complexity index is 963. The minimum absolute atomic E-state index is 0.416. The number of hydrogen-bond acceptors (Lipinski definition) is 4. The summed E-state index contributed by atoms with van der Waals surface area (Å²) in [6.07, 6.45) is 1.05. The number of anilines is 1. The molecule has 1 aliphatic rings. The highest BCUT2D eigenvalue weighted by atomic mass is 19.3. The molecule has 2 aromatic heterocycles. The van der Waals surface area contributed by atoms with Crippen LogP contribution in [0.2, 0.25) is 0 Å². The van der Waals surface area contributed by atoms with Crippen LogP contribution in [-0.4, -0.2) is 32.9 Å². The minimum Gasteiger partial charge on any atom is -0.398 e. The van der Waals surface area contributed by atoms with Crippen molar-refractivity contribution in [2.45, 2.75) is 39.0 Å². The smallest absolute Gasteiger partial charge is 0.257 e. The van der Waals surface area contributed by atoms with Gasteiger partial charge in [-0.3, -0.25) is 4.68 Å². The summed E-state index contributed by atoms with van der Waals surface area (Å²) in [5.74, 6) is 0.994. The molecular weight excluding hydrogens is 352 g/mol. The molecule has 27 heavy (non-hydrogen) atoms. The van der Waals surface area contributed by atoms with Gasteiger partial charge in [-0.1, -0.05) is 6.07 Å². The second-order valence-corrected chi connectivity index (χ2v) is 6.64. The molecule has 1 aliphatic heterocycles. The monoisotopic (exact) mass is 373 g/mol. The fourth-order valence-electron chi connectivity index (χ4n) is 3.56. The maximum atomic E-state index is 12.7. The summed E-state index contributed by atoms with van der Waals surface area (Å²) in [4.78, 5) is 4.77. The highest BCUT2D eigenvalue weighted by Crippen LogP contribution is 2.36. The molecule has 0 fully saturated rings. The van der Waals surface area contributed by atoms with Gasteiger partial charge in [0.15, 0.2) is 0 Å². The van der Waals surface area contributed by atoms with Crippen molar-refractivity contribution >= 4 is 5.69 Å². The molecule has 8 heteroatoms. The van der Waals surface area contributed by atoms with E-state index in [0.717, 1.165) is 42.0 Å². The molecule has 0 radical (unpaired) electrons. The summed E-state index contributed by atoms with van der Waals surface area (Å²) >= 11 is 0. The fourth-order valence-corrected chi connectivity index (χ4v) is 3.56. The van der Waals surface area contributed by atoms with Crippen LogP contribution in [0, 0.1) is 0 Å². The van der Waals surface area contributed by atoms with Gasteiger partial charge in [0.2, 0.25) is 0 Å². The highest BCUT2D eigenvalue weighted by Gasteiger charge is 2.25. The van der Waals surface area contributed by atoms with Gasteiger partial charge in [-0.15, -0.1) is 0 Å². The van der Waals surface area contributed by atoms with E-state index in [-0.39, 0.29) is 0 Å². The van der Waals surface area contributed by atoms with Gasteiger partial charge in [0.25, 0.3) is 6.43 Å². The average molecular weight is 373 g/mol. The molecule has 0 saturated heterocycles. The first-order valence-electron chi connectivity index (χ1n) is 8.86. The summed E-state index contributed by atoms with van der Waals surface area (Å²) in [6, 6.07) is 7.55. The van der Waals surface area contributed by atoms with Gasteiger partial charge >= 0.3 is 0 Å². The van der Waals surface area contributed by atoms with Gasteiger partial charge in [0.1, 0.15) is 23.8 Å². The lowest BCUT2D eigenvalue weighted by Gasteiger charge is -2.11. The number of methoxy groups -OCH3 is 1. The second kappa shape index (κ2) is 7.11. The van der Waals surface area contributed by atoms with Crippen molar-refractivity contribution in [2.75, 3.05) is 12.8 Å². The SMILES string of the molecule is COCc1cc(-c2c(-c3ccn(CC(F)F)n3)nc3n2CCC3)ccc1N. The van der Waals surface area contributed by atoms with Crippen molar-refractivity contribution in [2.24, 2.45) is 0 Å². The van der Waals surface area contributed by atoms with E-state index in [4.69, 9.17) is 15.5 Å². The highest BCUT2D eigenvalue weighted by molar-refractivity contribution is 5.79. The summed E-state index contributed by atoms with van der Waals surface area (Å²) in [5, 5.41) is 4.31. The zero-order valence-corrected chi connectivity index (χ0v) is 15.0. The number of rotatable bonds is 6. The van der Waals surface area contributed by atoms with E-state index in [1.54, 1.807) is 19.4 Å². The maximum absolute atomic E-state index is 12.7. The summed E-state index contributed by atoms with van der Waals surface area (Å²) in [7, 11) is 1.63. The van der Waals surface area contributed by atoms with E-state index < -0.39 is 13.0 Å². The molecule has 3 heterocycles. The largest absolute Gasteiger partial charge is 0.398 e. The molecule has 1 aromatic carbocycles. The average Bonchev–Trinajstić information content (AvgIpc) is 3.32. The van der Waals surface area contributed by atoms with Crippen molar-refractivity contribution in [3.05, 3.63) is 41.9 Å². The van der Waals surface area contributed by atoms with Crippen LogP contribution in [0.3, 0.4) is 0 Å². The molecule has 6 nitrogen and oxygen atoms in total. The molecule has 0 spiro atoms. The Morgan fingerprint density at radius 3 is 2.93 bits per heavy atom. The quantitative estimate of drug-likeness (QED) is 0.673. The van der Waals surface area contributed by atoms with Crippen LogP contribution in [0.25, 0.3) is 22.6 Å². The summed E-state index contributed by atoms with van der Waals surface area (Å²) < 4.78 is 34.0. The third kappa shape index (κ3) is 3.32. The van der Waals surface area contributed by atoms with Crippen molar-refractivity contribution < 1.29 is 13.5 Å². The number of hydrogen-bond donors (Lipinski definition) is 1. The zero-order valence-electron chi connectivity index (χ0n) is 15.0. The number of aromatic nitrogens is 4. The van der Waals surface area contributed by atoms with Crippen LogP contribution in [0.5, 0.6) is 0 Å². The topological polar surface area (TPSA) is 70.9 Å². The van der Waals surface area contributed by atoms with Crippen molar-refractivity contribution in [3.8, 4) is 22.6 Å². The lowest BCUT2D eigenvalue weighted by molar-refractivity contribution is 0.122. The van der Waals surface area contributed by atoms with Crippen LogP contribution in [0.15, 0.2) is 30.5 Å². The Morgan fingerprint density at radius 1 is 1.30 bits per heavy atom. The Balaban J connectivity index is 1.81. The van der Waals surface area contributed by atoms with Gasteiger partial charge in [-0.2, -0.15) is 5.10 Å². The number of benzene rings is 1. The molecule has 4 rings (SSSR count). The zero-order chi connectivity index (χ0) is 19.0. The first-order chi connectivity index (χ1) is 13.1. The molecular formula is C19H21F2N5O. The summed E-state index contributed by atoms with van der Waals surface area (Å²) in [6.45, 7) is 0.862. The lowest BCUT2D eigenvalue weighted by Crippen LogP contribution is -2.07. The normalized spacial score (nSPS) is 13.5.